The number of carbonyl (C=O) groups is 2. The van der Waals surface area contributed by atoms with E-state index in [4.69, 9.17) is 9.47 Å². The highest BCUT2D eigenvalue weighted by Crippen LogP contribution is 2.39. The third-order valence-electron chi connectivity index (χ3n) is 9.15. The van der Waals surface area contributed by atoms with Crippen molar-refractivity contribution in [1.82, 2.24) is 19.6 Å². The van der Waals surface area contributed by atoms with Crippen molar-refractivity contribution in [2.75, 3.05) is 46.4 Å². The monoisotopic (exact) mass is 638 g/mol. The number of hydrogen-bond donors (Lipinski definition) is 0. The van der Waals surface area contributed by atoms with E-state index in [-0.39, 0.29) is 45.9 Å². The lowest BCUT2D eigenvalue weighted by Gasteiger charge is -2.40. The summed E-state index contributed by atoms with van der Waals surface area (Å²) in [4.78, 5) is 33.7. The van der Waals surface area contributed by atoms with E-state index in [0.29, 0.717) is 38.6 Å². The van der Waals surface area contributed by atoms with E-state index < -0.39 is 11.3 Å². The minimum atomic E-state index is -1.61. The smallest absolute Gasteiger partial charge is 0.410 e. The Morgan fingerprint density at radius 3 is 2.41 bits per heavy atom. The number of piperazine rings is 1. The van der Waals surface area contributed by atoms with E-state index in [1.165, 1.54) is 0 Å². The maximum absolute atomic E-state index is 16.5. The number of nitrogens with zero attached hydrogens (tertiary/aromatic N) is 4. The van der Waals surface area contributed by atoms with Crippen LogP contribution in [0.4, 0.5) is 14.0 Å². The highest BCUT2D eigenvalue weighted by molar-refractivity contribution is 5.78. The predicted octanol–water partition coefficient (Wildman–Crippen LogP) is 7.58. The fourth-order valence-electron chi connectivity index (χ4n) is 6.83. The Morgan fingerprint density at radius 2 is 1.78 bits per heavy atom. The highest BCUT2D eigenvalue weighted by atomic mass is 19.1. The summed E-state index contributed by atoms with van der Waals surface area (Å²) in [6, 6.07) is 7.80. The van der Waals surface area contributed by atoms with Gasteiger partial charge < -0.3 is 19.3 Å². The summed E-state index contributed by atoms with van der Waals surface area (Å²) in [6.45, 7) is 13.3. The van der Waals surface area contributed by atoms with Crippen LogP contribution in [0.25, 0.3) is 0 Å². The van der Waals surface area contributed by atoms with Crippen LogP contribution in [0, 0.1) is 5.92 Å². The number of rotatable bonds is 7. The van der Waals surface area contributed by atoms with Crippen molar-refractivity contribution in [2.45, 2.75) is 91.6 Å². The molecule has 2 aliphatic heterocycles. The lowest BCUT2D eigenvalue weighted by Crippen LogP contribution is -2.52. The Bertz CT molecular complexity index is 1320. The molecular weight excluding hydrogens is 583 g/mol. The first-order chi connectivity index (χ1) is 21.0. The van der Waals surface area contributed by atoms with Gasteiger partial charge in [0.2, 0.25) is 0 Å². The number of benzene rings is 1. The minimum Gasteiger partial charge on any atom is -0.497 e. The number of halogens is 1. The molecule has 0 bridgehead atoms. The topological polar surface area (TPSA) is 65.6 Å². The average molecular weight is 639 g/mol. The summed E-state index contributed by atoms with van der Waals surface area (Å²) < 4.78 is 27.3. The second-order valence-corrected chi connectivity index (χ2v) is 13.5. The van der Waals surface area contributed by atoms with Crippen LogP contribution in [-0.2, 0) is 11.3 Å². The summed E-state index contributed by atoms with van der Waals surface area (Å²) in [5.74, 6) is 1.04. The Hall–Kier alpha value is -3.55. The SMILES string of the molecule is C.C.C=C=C1CCN(CC2(F)C=C(C3CCC(N4CCN(C(=O)OC(C)(C)C)CC4)C3)C=CC2)C(=O)N1Cc1ccc(OC)cc1. The van der Waals surface area contributed by atoms with Crippen LogP contribution in [0.1, 0.15) is 73.3 Å². The van der Waals surface area contributed by atoms with Gasteiger partial charge >= 0.3 is 12.1 Å². The van der Waals surface area contributed by atoms with Crippen molar-refractivity contribution < 1.29 is 23.5 Å². The Morgan fingerprint density at radius 1 is 1.09 bits per heavy atom. The zero-order valence-electron chi connectivity index (χ0n) is 26.7. The van der Waals surface area contributed by atoms with Gasteiger partial charge in [-0.15, -0.1) is 5.73 Å². The number of ether oxygens (including phenoxy) is 2. The van der Waals surface area contributed by atoms with Gasteiger partial charge in [-0.1, -0.05) is 45.7 Å². The second-order valence-electron chi connectivity index (χ2n) is 13.5. The van der Waals surface area contributed by atoms with Crippen LogP contribution in [0.15, 0.2) is 66.1 Å². The normalized spacial score (nSPS) is 25.3. The Labute approximate surface area is 276 Å². The van der Waals surface area contributed by atoms with Gasteiger partial charge in [-0.05, 0) is 75.3 Å². The molecule has 1 aromatic rings. The van der Waals surface area contributed by atoms with Gasteiger partial charge in [-0.3, -0.25) is 9.80 Å². The Kier molecular flexibility index (Phi) is 12.3. The fourth-order valence-corrected chi connectivity index (χ4v) is 6.83. The van der Waals surface area contributed by atoms with Crippen LogP contribution in [0.5, 0.6) is 5.75 Å². The summed E-state index contributed by atoms with van der Waals surface area (Å²) in [6.07, 6.45) is 9.44. The quantitative estimate of drug-likeness (QED) is 0.288. The van der Waals surface area contributed by atoms with E-state index in [1.807, 2.05) is 51.1 Å². The molecule has 0 aromatic heterocycles. The lowest BCUT2D eigenvalue weighted by atomic mass is 9.85. The molecule has 0 spiro atoms. The third-order valence-corrected chi connectivity index (χ3v) is 9.15. The molecule has 254 valence electrons. The van der Waals surface area contributed by atoms with Gasteiger partial charge in [0.05, 0.1) is 25.9 Å². The molecule has 8 nitrogen and oxygen atoms in total. The molecule has 5 rings (SSSR count). The van der Waals surface area contributed by atoms with Crippen molar-refractivity contribution in [1.29, 1.82) is 0 Å². The standard InChI is InChI=1S/C35H47FN4O4.2CH4/c1-6-29-15-17-39(32(41)40(29)24-26-9-13-31(43-5)14-10-26)25-35(36)16-7-8-28(23-35)27-11-12-30(22-27)37-18-20-38(21-19-37)33(42)44-34(2,3)4;;/h7-10,13-14,23,27,30H,1,11-12,15-22,24-25H2,2-5H3;2*1H4. The van der Waals surface area contributed by atoms with Gasteiger partial charge in [0.1, 0.15) is 11.4 Å². The largest absolute Gasteiger partial charge is 0.497 e. The number of urea groups is 1. The molecule has 2 aliphatic carbocycles. The van der Waals surface area contributed by atoms with Gasteiger partial charge in [0.25, 0.3) is 0 Å². The van der Waals surface area contributed by atoms with Crippen LogP contribution in [0.3, 0.4) is 0 Å². The summed E-state index contributed by atoms with van der Waals surface area (Å²) in [5, 5.41) is 0. The second kappa shape index (κ2) is 15.4. The maximum Gasteiger partial charge on any atom is 0.410 e. The first kappa shape index (κ1) is 36.9. The molecule has 3 amide bonds. The van der Waals surface area contributed by atoms with Crippen LogP contribution < -0.4 is 4.74 Å². The molecular formula is C37H55FN4O4. The molecule has 3 atom stereocenters. The lowest BCUT2D eigenvalue weighted by molar-refractivity contribution is 0.0105. The zero-order chi connectivity index (χ0) is 31.5. The molecule has 0 radical (unpaired) electrons. The van der Waals surface area contributed by atoms with E-state index >= 15 is 4.39 Å². The number of alkyl halides is 1. The van der Waals surface area contributed by atoms with E-state index in [0.717, 1.165) is 54.9 Å². The van der Waals surface area contributed by atoms with Crippen molar-refractivity contribution in [2.24, 2.45) is 5.92 Å². The molecule has 2 saturated heterocycles. The minimum absolute atomic E-state index is 0. The molecule has 0 N–H and O–H groups in total. The number of carbonyl (C=O) groups excluding carboxylic acids is 2. The average Bonchev–Trinajstić information content (AvgIpc) is 3.49. The molecule has 9 heteroatoms. The van der Waals surface area contributed by atoms with E-state index in [9.17, 15) is 9.59 Å². The van der Waals surface area contributed by atoms with Gasteiger partial charge in [-0.25, -0.2) is 14.0 Å². The summed E-state index contributed by atoms with van der Waals surface area (Å²) >= 11 is 0. The molecule has 1 saturated carbocycles. The number of hydrogen-bond acceptors (Lipinski definition) is 5. The third kappa shape index (κ3) is 8.83. The number of allylic oxidation sites excluding steroid dienone is 3. The van der Waals surface area contributed by atoms with Gasteiger partial charge in [0, 0.05) is 51.6 Å². The molecule has 46 heavy (non-hydrogen) atoms. The van der Waals surface area contributed by atoms with Crippen LogP contribution in [-0.4, -0.2) is 95.4 Å². The van der Waals surface area contributed by atoms with Crippen LogP contribution in [0.2, 0.25) is 0 Å². The van der Waals surface area contributed by atoms with Gasteiger partial charge in [-0.2, -0.15) is 0 Å². The maximum atomic E-state index is 16.5. The van der Waals surface area contributed by atoms with E-state index in [2.05, 4.69) is 23.3 Å². The number of methoxy groups -OCH3 is 1. The number of amides is 3. The van der Waals surface area contributed by atoms with Crippen molar-refractivity contribution >= 4 is 12.1 Å². The van der Waals surface area contributed by atoms with E-state index in [1.54, 1.807) is 27.9 Å². The first-order valence-electron chi connectivity index (χ1n) is 15.9. The predicted molar refractivity (Wildman–Crippen MR) is 182 cm³/mol. The van der Waals surface area contributed by atoms with Crippen molar-refractivity contribution in [3.63, 3.8) is 0 Å². The zero-order valence-corrected chi connectivity index (χ0v) is 26.7. The fraction of sp³-hybridized carbons (Fsp3) is 0.595. The van der Waals surface area contributed by atoms with Crippen LogP contribution >= 0.6 is 0 Å². The Balaban J connectivity index is 0.00000288. The highest BCUT2D eigenvalue weighted by Gasteiger charge is 2.40. The van der Waals surface area contributed by atoms with Crippen molar-refractivity contribution in [3.05, 3.63) is 71.6 Å². The molecule has 3 fully saturated rings. The summed E-state index contributed by atoms with van der Waals surface area (Å²) in [7, 11) is 1.62. The van der Waals surface area contributed by atoms with Gasteiger partial charge in [0.15, 0.2) is 5.67 Å². The first-order valence-corrected chi connectivity index (χ1v) is 15.9. The molecule has 4 aliphatic rings. The van der Waals surface area contributed by atoms with Crippen molar-refractivity contribution in [3.8, 4) is 5.75 Å². The molecule has 2 heterocycles. The summed E-state index contributed by atoms with van der Waals surface area (Å²) in [5.41, 5.74) is 3.55. The molecule has 3 unspecified atom stereocenters. The molecule has 1 aromatic carbocycles.